The summed E-state index contributed by atoms with van der Waals surface area (Å²) in [5.74, 6) is -0.434. The van der Waals surface area contributed by atoms with Gasteiger partial charge in [0.25, 0.3) is 11.8 Å². The molecule has 136 valence electrons. The molecule has 1 atom stereocenters. The molecule has 3 rings (SSSR count). The van der Waals surface area contributed by atoms with Crippen LogP contribution in [0.25, 0.3) is 0 Å². The molecule has 2 N–H and O–H groups in total. The highest BCUT2D eigenvalue weighted by Gasteiger charge is 2.19. The van der Waals surface area contributed by atoms with E-state index in [2.05, 4.69) is 33.2 Å². The van der Waals surface area contributed by atoms with Crippen molar-refractivity contribution in [3.63, 3.8) is 0 Å². The number of carbonyl (C=O) groups excluding carboxylic acids is 2. The van der Waals surface area contributed by atoms with E-state index in [1.54, 1.807) is 18.2 Å². The molecule has 2 amide bonds. The summed E-state index contributed by atoms with van der Waals surface area (Å²) in [6.45, 7) is 3.12. The highest BCUT2D eigenvalue weighted by atomic mass is 127. The van der Waals surface area contributed by atoms with E-state index in [4.69, 9.17) is 4.74 Å². The molecule has 1 aliphatic rings. The van der Waals surface area contributed by atoms with Crippen LogP contribution in [-0.4, -0.2) is 31.1 Å². The summed E-state index contributed by atoms with van der Waals surface area (Å²) in [4.78, 5) is 25.2. The first-order chi connectivity index (χ1) is 12.5. The van der Waals surface area contributed by atoms with Crippen molar-refractivity contribution in [2.24, 2.45) is 0 Å². The molecule has 1 fully saturated rings. The number of anilines is 1. The van der Waals surface area contributed by atoms with E-state index in [9.17, 15) is 9.59 Å². The summed E-state index contributed by atoms with van der Waals surface area (Å²) >= 11 is 2.16. The SMILES string of the molecule is Cc1ccccc1C(=O)Nc1ccc(I)cc1C(=O)NC[C@@H]1CCCO1. The minimum Gasteiger partial charge on any atom is -0.376 e. The monoisotopic (exact) mass is 464 g/mol. The fraction of sp³-hybridized carbons (Fsp3) is 0.300. The lowest BCUT2D eigenvalue weighted by atomic mass is 10.1. The van der Waals surface area contributed by atoms with Crippen LogP contribution in [0.5, 0.6) is 0 Å². The zero-order valence-electron chi connectivity index (χ0n) is 14.5. The number of aryl methyl sites for hydroxylation is 1. The van der Waals surface area contributed by atoms with Crippen molar-refractivity contribution in [1.29, 1.82) is 0 Å². The minimum absolute atomic E-state index is 0.0757. The fourth-order valence-corrected chi connectivity index (χ4v) is 3.43. The standard InChI is InChI=1S/C20H21IN2O3/c1-13-5-2-3-7-16(13)20(25)23-18-9-8-14(21)11-17(18)19(24)22-12-15-6-4-10-26-15/h2-3,5,7-9,11,15H,4,6,10,12H2,1H3,(H,22,24)(H,23,25)/t15-/m0/s1. The maximum atomic E-state index is 12.6. The van der Waals surface area contributed by atoms with Gasteiger partial charge in [-0.25, -0.2) is 0 Å². The molecule has 1 heterocycles. The molecular weight excluding hydrogens is 443 g/mol. The van der Waals surface area contributed by atoms with Crippen LogP contribution in [0, 0.1) is 10.5 Å². The first-order valence-corrected chi connectivity index (χ1v) is 9.69. The molecule has 0 spiro atoms. The highest BCUT2D eigenvalue weighted by Crippen LogP contribution is 2.21. The third-order valence-corrected chi connectivity index (χ3v) is 5.05. The molecule has 6 heteroatoms. The number of amides is 2. The molecule has 0 unspecified atom stereocenters. The Hall–Kier alpha value is -1.93. The van der Waals surface area contributed by atoms with Crippen LogP contribution < -0.4 is 10.6 Å². The van der Waals surface area contributed by atoms with Gasteiger partial charge in [-0.15, -0.1) is 0 Å². The second kappa shape index (κ2) is 8.64. The van der Waals surface area contributed by atoms with E-state index in [1.165, 1.54) is 0 Å². The summed E-state index contributed by atoms with van der Waals surface area (Å²) in [6.07, 6.45) is 2.07. The smallest absolute Gasteiger partial charge is 0.255 e. The lowest BCUT2D eigenvalue weighted by Gasteiger charge is -2.15. The van der Waals surface area contributed by atoms with E-state index >= 15 is 0 Å². The summed E-state index contributed by atoms with van der Waals surface area (Å²) in [5.41, 5.74) is 2.44. The van der Waals surface area contributed by atoms with Gasteiger partial charge in [-0.2, -0.15) is 0 Å². The second-order valence-corrected chi connectivity index (χ2v) is 7.55. The number of hydrogen-bond acceptors (Lipinski definition) is 3. The van der Waals surface area contributed by atoms with Crippen LogP contribution >= 0.6 is 22.6 Å². The third-order valence-electron chi connectivity index (χ3n) is 4.38. The Morgan fingerprint density at radius 2 is 1.96 bits per heavy atom. The van der Waals surface area contributed by atoms with Crippen molar-refractivity contribution in [2.45, 2.75) is 25.9 Å². The first kappa shape index (κ1) is 18.8. The van der Waals surface area contributed by atoms with Crippen molar-refractivity contribution in [2.75, 3.05) is 18.5 Å². The Bertz CT molecular complexity index is 816. The first-order valence-electron chi connectivity index (χ1n) is 8.61. The van der Waals surface area contributed by atoms with Gasteiger partial charge in [-0.3, -0.25) is 9.59 Å². The topological polar surface area (TPSA) is 67.4 Å². The van der Waals surface area contributed by atoms with Gasteiger partial charge in [0.15, 0.2) is 0 Å². The van der Waals surface area contributed by atoms with Crippen molar-refractivity contribution < 1.29 is 14.3 Å². The number of ether oxygens (including phenoxy) is 1. The lowest BCUT2D eigenvalue weighted by molar-refractivity contribution is 0.0858. The Morgan fingerprint density at radius 1 is 1.15 bits per heavy atom. The summed E-state index contributed by atoms with van der Waals surface area (Å²) < 4.78 is 6.47. The van der Waals surface area contributed by atoms with Crippen molar-refractivity contribution in [3.8, 4) is 0 Å². The predicted molar refractivity (Wildman–Crippen MR) is 110 cm³/mol. The average Bonchev–Trinajstić information content (AvgIpc) is 3.15. The molecule has 0 aromatic heterocycles. The van der Waals surface area contributed by atoms with Crippen LogP contribution in [0.15, 0.2) is 42.5 Å². The van der Waals surface area contributed by atoms with E-state index < -0.39 is 0 Å². The van der Waals surface area contributed by atoms with Gasteiger partial charge < -0.3 is 15.4 Å². The number of hydrogen-bond donors (Lipinski definition) is 2. The summed E-state index contributed by atoms with van der Waals surface area (Å²) in [6, 6.07) is 12.8. The largest absolute Gasteiger partial charge is 0.376 e. The normalized spacial score (nSPS) is 16.3. The molecule has 0 aliphatic carbocycles. The highest BCUT2D eigenvalue weighted by molar-refractivity contribution is 14.1. The third kappa shape index (κ3) is 4.62. The molecule has 2 aromatic rings. The van der Waals surface area contributed by atoms with Crippen LogP contribution in [0.4, 0.5) is 5.69 Å². The van der Waals surface area contributed by atoms with Gasteiger partial charge in [0.2, 0.25) is 0 Å². The van der Waals surface area contributed by atoms with Crippen molar-refractivity contribution >= 4 is 40.1 Å². The predicted octanol–water partition coefficient (Wildman–Crippen LogP) is 3.76. The molecule has 1 aliphatic heterocycles. The van der Waals surface area contributed by atoms with Gasteiger partial charge in [0.1, 0.15) is 0 Å². The molecule has 26 heavy (non-hydrogen) atoms. The van der Waals surface area contributed by atoms with Crippen molar-refractivity contribution in [3.05, 3.63) is 62.7 Å². The molecule has 0 bridgehead atoms. The fourth-order valence-electron chi connectivity index (χ4n) is 2.94. The number of carbonyl (C=O) groups is 2. The molecule has 2 aromatic carbocycles. The Kier molecular flexibility index (Phi) is 6.26. The number of nitrogens with one attached hydrogen (secondary N) is 2. The number of rotatable bonds is 5. The Morgan fingerprint density at radius 3 is 2.69 bits per heavy atom. The maximum Gasteiger partial charge on any atom is 0.255 e. The molecule has 1 saturated heterocycles. The van der Waals surface area contributed by atoms with Gasteiger partial charge in [-0.1, -0.05) is 18.2 Å². The zero-order chi connectivity index (χ0) is 18.5. The summed E-state index contributed by atoms with van der Waals surface area (Å²) in [5, 5.41) is 5.78. The number of halogens is 1. The quantitative estimate of drug-likeness (QED) is 0.663. The van der Waals surface area contributed by atoms with Gasteiger partial charge in [-0.05, 0) is 72.2 Å². The molecular formula is C20H21IN2O3. The summed E-state index contributed by atoms with van der Waals surface area (Å²) in [7, 11) is 0. The average molecular weight is 464 g/mol. The minimum atomic E-state index is -0.225. The van der Waals surface area contributed by atoms with Crippen LogP contribution in [0.1, 0.15) is 39.1 Å². The Balaban J connectivity index is 1.75. The number of benzene rings is 2. The second-order valence-electron chi connectivity index (χ2n) is 6.30. The molecule has 5 nitrogen and oxygen atoms in total. The van der Waals surface area contributed by atoms with E-state index in [0.717, 1.165) is 28.6 Å². The molecule has 0 saturated carbocycles. The lowest BCUT2D eigenvalue weighted by Crippen LogP contribution is -2.32. The van der Waals surface area contributed by atoms with E-state index in [0.29, 0.717) is 23.4 Å². The van der Waals surface area contributed by atoms with Crippen LogP contribution in [0.3, 0.4) is 0 Å². The van der Waals surface area contributed by atoms with Crippen LogP contribution in [-0.2, 0) is 4.74 Å². The maximum absolute atomic E-state index is 12.6. The van der Waals surface area contributed by atoms with Crippen molar-refractivity contribution in [1.82, 2.24) is 5.32 Å². The zero-order valence-corrected chi connectivity index (χ0v) is 16.7. The van der Waals surface area contributed by atoms with Gasteiger partial charge >= 0.3 is 0 Å². The molecule has 0 radical (unpaired) electrons. The Labute approximate surface area is 166 Å². The van der Waals surface area contributed by atoms with E-state index in [-0.39, 0.29) is 17.9 Å². The van der Waals surface area contributed by atoms with E-state index in [1.807, 2.05) is 31.2 Å². The van der Waals surface area contributed by atoms with Gasteiger partial charge in [0.05, 0.1) is 17.4 Å². The van der Waals surface area contributed by atoms with Gasteiger partial charge in [0, 0.05) is 22.3 Å². The van der Waals surface area contributed by atoms with Crippen LogP contribution in [0.2, 0.25) is 0 Å².